The summed E-state index contributed by atoms with van der Waals surface area (Å²) in [6.45, 7) is 0.740. The van der Waals surface area contributed by atoms with Crippen LogP contribution in [0.5, 0.6) is 0 Å². The Labute approximate surface area is 209 Å². The van der Waals surface area contributed by atoms with Crippen LogP contribution in [0.1, 0.15) is 40.7 Å². The predicted molar refractivity (Wildman–Crippen MR) is 122 cm³/mol. The highest BCUT2D eigenvalue weighted by molar-refractivity contribution is 6.08. The summed E-state index contributed by atoms with van der Waals surface area (Å²) in [5.41, 5.74) is -1.80. The molecule has 2 saturated heterocycles. The number of fused-ring (bicyclic) bond motifs is 1. The van der Waals surface area contributed by atoms with Crippen molar-refractivity contribution in [2.24, 2.45) is 0 Å². The second kappa shape index (κ2) is 9.00. The average Bonchev–Trinajstić information content (AvgIpc) is 3.43. The normalized spacial score (nSPS) is 22.8. The van der Waals surface area contributed by atoms with E-state index in [-0.39, 0.29) is 23.4 Å². The highest BCUT2D eigenvalue weighted by Gasteiger charge is 2.56. The van der Waals surface area contributed by atoms with Crippen LogP contribution in [-0.2, 0) is 15.7 Å². The van der Waals surface area contributed by atoms with E-state index in [2.05, 4.69) is 5.32 Å². The molecule has 0 unspecified atom stereocenters. The molecule has 1 aliphatic carbocycles. The molecular formula is C25H22F4N4O4. The number of hydrogen-bond donors (Lipinski definition) is 1. The van der Waals surface area contributed by atoms with Gasteiger partial charge >= 0.3 is 12.2 Å². The molecule has 1 saturated carbocycles. The van der Waals surface area contributed by atoms with E-state index >= 15 is 0 Å². The summed E-state index contributed by atoms with van der Waals surface area (Å²) in [4.78, 5) is 28.3. The Hall–Kier alpha value is -3.69. The third-order valence-corrected chi connectivity index (χ3v) is 7.08. The van der Waals surface area contributed by atoms with E-state index in [0.29, 0.717) is 26.1 Å². The first-order chi connectivity index (χ1) is 17.6. The number of anilines is 2. The predicted octanol–water partition coefficient (Wildman–Crippen LogP) is 4.19. The molecule has 0 aromatic heterocycles. The van der Waals surface area contributed by atoms with Gasteiger partial charge in [-0.15, -0.1) is 0 Å². The fourth-order valence-corrected chi connectivity index (χ4v) is 5.43. The van der Waals surface area contributed by atoms with Crippen molar-refractivity contribution in [1.82, 2.24) is 5.32 Å². The van der Waals surface area contributed by atoms with Gasteiger partial charge in [0.25, 0.3) is 5.91 Å². The van der Waals surface area contributed by atoms with Gasteiger partial charge in [-0.25, -0.2) is 9.18 Å². The van der Waals surface area contributed by atoms with E-state index in [1.807, 2.05) is 0 Å². The van der Waals surface area contributed by atoms with E-state index in [9.17, 15) is 27.2 Å². The number of nitriles is 1. The van der Waals surface area contributed by atoms with E-state index < -0.39 is 52.9 Å². The SMILES string of the molecule is CNC(=O)c1ccc(N2C(=O)N(c3ccc(C#N)c(C(F)(F)F)c3)[C@@H]3CCC4(C[C@H]32)OCCO4)cc1F. The maximum atomic E-state index is 14.9. The molecule has 2 atom stereocenters. The molecule has 8 nitrogen and oxygen atoms in total. The number of carbonyl (C=O) groups is 2. The molecule has 3 amide bonds. The number of benzene rings is 2. The number of amides is 3. The Kier molecular flexibility index (Phi) is 6.08. The Morgan fingerprint density at radius 2 is 1.76 bits per heavy atom. The van der Waals surface area contributed by atoms with Crippen molar-refractivity contribution >= 4 is 23.3 Å². The van der Waals surface area contributed by atoms with E-state index in [1.165, 1.54) is 41.1 Å². The summed E-state index contributed by atoms with van der Waals surface area (Å²) in [5, 5.41) is 11.5. The van der Waals surface area contributed by atoms with Crippen molar-refractivity contribution in [2.75, 3.05) is 30.1 Å². The van der Waals surface area contributed by atoms with E-state index in [1.54, 1.807) is 0 Å². The van der Waals surface area contributed by atoms with Crippen molar-refractivity contribution in [2.45, 2.75) is 43.3 Å². The first kappa shape index (κ1) is 25.0. The van der Waals surface area contributed by atoms with Gasteiger partial charge < -0.3 is 14.8 Å². The van der Waals surface area contributed by atoms with Crippen molar-refractivity contribution in [3.05, 3.63) is 58.9 Å². The minimum Gasteiger partial charge on any atom is -0.355 e. The topological polar surface area (TPSA) is 94.9 Å². The standard InChI is InChI=1S/C25H22F4N4O4/c1-31-22(34)17-5-4-16(11-19(17)26)33-21-12-24(36-8-9-37-24)7-6-20(21)32(23(33)35)15-3-2-14(13-30)18(10-15)25(27,28)29/h2-5,10-11,20-21H,6-9,12H2,1H3,(H,31,34)/t20-,21-/m1/s1. The van der Waals surface area contributed by atoms with Crippen LogP contribution >= 0.6 is 0 Å². The Morgan fingerprint density at radius 3 is 2.38 bits per heavy atom. The van der Waals surface area contributed by atoms with Crippen LogP contribution in [0.25, 0.3) is 0 Å². The highest BCUT2D eigenvalue weighted by atomic mass is 19.4. The Morgan fingerprint density at radius 1 is 1.11 bits per heavy atom. The van der Waals surface area contributed by atoms with Gasteiger partial charge in [0.15, 0.2) is 5.79 Å². The molecule has 3 aliphatic rings. The summed E-state index contributed by atoms with van der Waals surface area (Å²) in [5.74, 6) is -2.44. The van der Waals surface area contributed by atoms with Crippen LogP contribution in [0, 0.1) is 17.1 Å². The van der Waals surface area contributed by atoms with Crippen molar-refractivity contribution in [1.29, 1.82) is 5.26 Å². The van der Waals surface area contributed by atoms with Gasteiger partial charge in [-0.1, -0.05) is 0 Å². The molecule has 0 radical (unpaired) electrons. The van der Waals surface area contributed by atoms with Crippen LogP contribution in [0.3, 0.4) is 0 Å². The molecule has 2 aromatic rings. The molecule has 12 heteroatoms. The monoisotopic (exact) mass is 518 g/mol. The molecule has 5 rings (SSSR count). The first-order valence-electron chi connectivity index (χ1n) is 11.6. The van der Waals surface area contributed by atoms with E-state index in [4.69, 9.17) is 14.7 Å². The van der Waals surface area contributed by atoms with Crippen molar-refractivity contribution < 1.29 is 36.6 Å². The molecule has 2 aliphatic heterocycles. The summed E-state index contributed by atoms with van der Waals surface area (Å²) in [6.07, 6.45) is -3.81. The lowest BCUT2D eigenvalue weighted by Crippen LogP contribution is -2.50. The van der Waals surface area contributed by atoms with Crippen LogP contribution in [0.15, 0.2) is 36.4 Å². The number of alkyl halides is 3. The zero-order valence-corrected chi connectivity index (χ0v) is 19.6. The molecule has 1 spiro atoms. The Bertz CT molecular complexity index is 1300. The lowest BCUT2D eigenvalue weighted by atomic mass is 9.85. The van der Waals surface area contributed by atoms with Crippen molar-refractivity contribution in [3.8, 4) is 6.07 Å². The number of hydrogen-bond acceptors (Lipinski definition) is 5. The number of ether oxygens (including phenoxy) is 2. The summed E-state index contributed by atoms with van der Waals surface area (Å²) in [6, 6.07) is 6.55. The van der Waals surface area contributed by atoms with Crippen LogP contribution in [0.2, 0.25) is 0 Å². The minimum absolute atomic E-state index is 0.0273. The molecule has 194 valence electrons. The fraction of sp³-hybridized carbons (Fsp3) is 0.400. The zero-order chi connectivity index (χ0) is 26.5. The molecule has 3 fully saturated rings. The number of urea groups is 1. The second-order valence-electron chi connectivity index (χ2n) is 9.09. The lowest BCUT2D eigenvalue weighted by molar-refractivity contribution is -0.180. The van der Waals surface area contributed by atoms with Crippen molar-refractivity contribution in [3.63, 3.8) is 0 Å². The van der Waals surface area contributed by atoms with Crippen LogP contribution in [0.4, 0.5) is 33.7 Å². The van der Waals surface area contributed by atoms with Gasteiger partial charge in [0, 0.05) is 31.3 Å². The van der Waals surface area contributed by atoms with Gasteiger partial charge in [-0.2, -0.15) is 18.4 Å². The Balaban J connectivity index is 1.59. The minimum atomic E-state index is -4.80. The molecule has 2 aromatic carbocycles. The van der Waals surface area contributed by atoms with Gasteiger partial charge in [0.05, 0.1) is 48.1 Å². The van der Waals surface area contributed by atoms with Crippen LogP contribution < -0.4 is 15.1 Å². The first-order valence-corrected chi connectivity index (χ1v) is 11.6. The number of nitrogens with one attached hydrogen (secondary N) is 1. The number of carbonyl (C=O) groups excluding carboxylic acids is 2. The summed E-state index contributed by atoms with van der Waals surface area (Å²) >= 11 is 0. The molecular weight excluding hydrogens is 496 g/mol. The highest BCUT2D eigenvalue weighted by Crippen LogP contribution is 2.46. The summed E-state index contributed by atoms with van der Waals surface area (Å²) < 4.78 is 67.6. The number of halogens is 4. The van der Waals surface area contributed by atoms with Gasteiger partial charge in [0.1, 0.15) is 5.82 Å². The molecule has 0 bridgehead atoms. The second-order valence-corrected chi connectivity index (χ2v) is 9.09. The maximum Gasteiger partial charge on any atom is 0.417 e. The smallest absolute Gasteiger partial charge is 0.355 e. The lowest BCUT2D eigenvalue weighted by Gasteiger charge is -2.41. The maximum absolute atomic E-state index is 14.9. The fourth-order valence-electron chi connectivity index (χ4n) is 5.43. The third-order valence-electron chi connectivity index (χ3n) is 7.08. The number of rotatable bonds is 3. The quantitative estimate of drug-likeness (QED) is 0.615. The number of nitrogens with zero attached hydrogens (tertiary/aromatic N) is 3. The largest absolute Gasteiger partial charge is 0.417 e. The van der Waals surface area contributed by atoms with E-state index in [0.717, 1.165) is 18.2 Å². The molecule has 2 heterocycles. The summed E-state index contributed by atoms with van der Waals surface area (Å²) in [7, 11) is 1.36. The van der Waals surface area contributed by atoms with Gasteiger partial charge in [0.2, 0.25) is 0 Å². The zero-order valence-electron chi connectivity index (χ0n) is 19.6. The molecule has 1 N–H and O–H groups in total. The van der Waals surface area contributed by atoms with Crippen LogP contribution in [-0.4, -0.2) is 50.1 Å². The van der Waals surface area contributed by atoms with Gasteiger partial charge in [-0.05, 0) is 42.8 Å². The molecule has 37 heavy (non-hydrogen) atoms. The average molecular weight is 518 g/mol. The third kappa shape index (κ3) is 4.18. The van der Waals surface area contributed by atoms with Gasteiger partial charge in [-0.3, -0.25) is 14.6 Å².